The Morgan fingerprint density at radius 1 is 1.04 bits per heavy atom. The molecule has 55 heavy (non-hydrogen) atoms. The van der Waals surface area contributed by atoms with Crippen molar-refractivity contribution in [3.8, 4) is 5.75 Å². The topological polar surface area (TPSA) is 166 Å². The molecule has 1 aromatic carbocycles. The van der Waals surface area contributed by atoms with Gasteiger partial charge in [0.2, 0.25) is 34.2 Å². The quantitative estimate of drug-likeness (QED) is 0.165. The number of urea groups is 1. The van der Waals surface area contributed by atoms with Crippen molar-refractivity contribution < 1.29 is 41.1 Å². The van der Waals surface area contributed by atoms with E-state index < -0.39 is 81.6 Å². The molecule has 17 heteroatoms. The summed E-state index contributed by atoms with van der Waals surface area (Å²) >= 11 is 6.32. The highest BCUT2D eigenvalue weighted by molar-refractivity contribution is 7.88. The number of rotatable bonds is 18. The molecule has 1 aliphatic heterocycles. The number of hydrogen-bond donors (Lipinski definition) is 4. The molecule has 2 rings (SSSR count). The minimum atomic E-state index is -3.55. The molecule has 0 unspecified atom stereocenters. The molecule has 5 atom stereocenters. The standard InChI is InChI=1S/C38H63ClF2N6O7S/c1-12-19-54-28-14-13-24(20-26(28)39)15-17-42-33(48)27(21-30(40)41)43-34(49)31-25(23(2)3)16-18-47(31)35(50)32(38(7,8)9)45-36(51)44-29(37(4,5)6)22-46(10)55(11,52)53/h13-14,20,23,25,27,29-32H,12,15-19,21-22H2,1-11H3,(H,42,48)(H,43,49)(H2,44,45,51)/t25-,27+,29-,31+,32-/m1/s1. The fourth-order valence-electron chi connectivity index (χ4n) is 6.32. The molecule has 314 valence electrons. The number of nitrogens with zero attached hydrogens (tertiary/aromatic N) is 2. The zero-order valence-electron chi connectivity index (χ0n) is 34.2. The van der Waals surface area contributed by atoms with E-state index in [2.05, 4.69) is 21.3 Å². The molecular formula is C38H63ClF2N6O7S. The Bertz CT molecular complexity index is 1590. The Morgan fingerprint density at radius 3 is 2.18 bits per heavy atom. The molecule has 0 saturated carbocycles. The molecule has 0 aliphatic carbocycles. The Hall–Kier alpha value is -3.24. The molecule has 13 nitrogen and oxygen atoms in total. The molecule has 1 heterocycles. The van der Waals surface area contributed by atoms with Crippen molar-refractivity contribution in [1.29, 1.82) is 0 Å². The van der Waals surface area contributed by atoms with Crippen LogP contribution in [0, 0.1) is 22.7 Å². The fraction of sp³-hybridized carbons (Fsp3) is 0.737. The SMILES string of the molecule is CCCOc1ccc(CCNC(=O)[C@H](CC(F)F)NC(=O)[C@@H]2[C@@H](C(C)C)CCN2C(=O)[C@@H](NC(=O)N[C@H](CN(C)S(C)(=O)=O)C(C)(C)C)C(C)(C)C)cc1Cl. The van der Waals surface area contributed by atoms with E-state index in [4.69, 9.17) is 16.3 Å². The Morgan fingerprint density at radius 2 is 1.67 bits per heavy atom. The summed E-state index contributed by atoms with van der Waals surface area (Å²) in [6.45, 7) is 17.3. The number of ether oxygens (including phenoxy) is 1. The normalized spacial score (nSPS) is 18.2. The lowest BCUT2D eigenvalue weighted by molar-refractivity contribution is -0.144. The summed E-state index contributed by atoms with van der Waals surface area (Å²) in [4.78, 5) is 56.5. The Labute approximate surface area is 331 Å². The monoisotopic (exact) mass is 820 g/mol. The van der Waals surface area contributed by atoms with Gasteiger partial charge in [-0.1, -0.05) is 80.0 Å². The minimum absolute atomic E-state index is 0.0162. The van der Waals surface area contributed by atoms with Gasteiger partial charge in [0, 0.05) is 39.1 Å². The van der Waals surface area contributed by atoms with Gasteiger partial charge in [-0.2, -0.15) is 0 Å². The Kier molecular flexibility index (Phi) is 17.6. The first-order valence-electron chi connectivity index (χ1n) is 18.8. The van der Waals surface area contributed by atoms with Crippen LogP contribution in [0.5, 0.6) is 5.75 Å². The zero-order chi connectivity index (χ0) is 42.1. The second-order valence-electron chi connectivity index (χ2n) is 16.9. The van der Waals surface area contributed by atoms with Crippen LogP contribution in [0.15, 0.2) is 18.2 Å². The highest BCUT2D eigenvalue weighted by Gasteiger charge is 2.48. The first-order valence-corrected chi connectivity index (χ1v) is 21.1. The summed E-state index contributed by atoms with van der Waals surface area (Å²) in [5.74, 6) is -2.00. The van der Waals surface area contributed by atoms with Crippen molar-refractivity contribution in [3.05, 3.63) is 28.8 Å². The second kappa shape index (κ2) is 20.3. The summed E-state index contributed by atoms with van der Waals surface area (Å²) in [5.41, 5.74) is -0.629. The second-order valence-corrected chi connectivity index (χ2v) is 19.4. The number of nitrogens with one attached hydrogen (secondary N) is 4. The molecule has 5 amide bonds. The number of hydrogen-bond acceptors (Lipinski definition) is 7. The van der Waals surface area contributed by atoms with Crippen LogP contribution in [0.25, 0.3) is 0 Å². The lowest BCUT2D eigenvalue weighted by Gasteiger charge is -2.38. The van der Waals surface area contributed by atoms with Crippen LogP contribution < -0.4 is 26.0 Å². The third-order valence-corrected chi connectivity index (χ3v) is 11.4. The number of likely N-dealkylation sites (N-methyl/N-ethyl adjacent to an activating group) is 1. The summed E-state index contributed by atoms with van der Waals surface area (Å²) < 4.78 is 58.6. The van der Waals surface area contributed by atoms with Gasteiger partial charge in [-0.15, -0.1) is 0 Å². The zero-order valence-corrected chi connectivity index (χ0v) is 35.8. The molecule has 1 saturated heterocycles. The number of carbonyl (C=O) groups excluding carboxylic acids is 4. The van der Waals surface area contributed by atoms with Crippen LogP contribution in [0.4, 0.5) is 13.6 Å². The third kappa shape index (κ3) is 14.7. The molecule has 0 aromatic heterocycles. The first-order chi connectivity index (χ1) is 25.3. The number of carbonyl (C=O) groups is 4. The smallest absolute Gasteiger partial charge is 0.315 e. The number of benzene rings is 1. The van der Waals surface area contributed by atoms with Crippen LogP contribution >= 0.6 is 11.6 Å². The maximum atomic E-state index is 14.4. The van der Waals surface area contributed by atoms with Gasteiger partial charge in [-0.25, -0.2) is 26.3 Å². The van der Waals surface area contributed by atoms with Gasteiger partial charge < -0.3 is 30.9 Å². The largest absolute Gasteiger partial charge is 0.492 e. The van der Waals surface area contributed by atoms with Crippen molar-refractivity contribution in [3.63, 3.8) is 0 Å². The van der Waals surface area contributed by atoms with E-state index in [-0.39, 0.29) is 31.5 Å². The van der Waals surface area contributed by atoms with Crippen LogP contribution in [0.3, 0.4) is 0 Å². The van der Waals surface area contributed by atoms with Crippen LogP contribution in [-0.4, -0.2) is 112 Å². The highest BCUT2D eigenvalue weighted by Crippen LogP contribution is 2.34. The molecule has 1 aliphatic rings. The average Bonchev–Trinajstić information content (AvgIpc) is 3.50. The van der Waals surface area contributed by atoms with Gasteiger partial charge in [-0.3, -0.25) is 14.4 Å². The van der Waals surface area contributed by atoms with Crippen molar-refractivity contribution >= 4 is 45.4 Å². The van der Waals surface area contributed by atoms with Crippen LogP contribution in [0.2, 0.25) is 5.02 Å². The molecular weight excluding hydrogens is 758 g/mol. The lowest BCUT2D eigenvalue weighted by Crippen LogP contribution is -2.62. The van der Waals surface area contributed by atoms with Crippen molar-refractivity contribution in [2.24, 2.45) is 22.7 Å². The maximum Gasteiger partial charge on any atom is 0.315 e. The van der Waals surface area contributed by atoms with Gasteiger partial charge in [0.25, 0.3) is 0 Å². The number of likely N-dealkylation sites (tertiary alicyclic amines) is 1. The summed E-state index contributed by atoms with van der Waals surface area (Å²) in [6, 6.07) is 0.0755. The van der Waals surface area contributed by atoms with E-state index in [0.717, 1.165) is 22.5 Å². The average molecular weight is 821 g/mol. The highest BCUT2D eigenvalue weighted by atomic mass is 35.5. The van der Waals surface area contributed by atoms with Gasteiger partial charge in [0.05, 0.1) is 17.9 Å². The van der Waals surface area contributed by atoms with E-state index in [0.29, 0.717) is 30.2 Å². The van der Waals surface area contributed by atoms with E-state index in [9.17, 15) is 36.4 Å². The summed E-state index contributed by atoms with van der Waals surface area (Å²) in [5, 5.41) is 11.2. The third-order valence-electron chi connectivity index (χ3n) is 9.82. The fourth-order valence-corrected chi connectivity index (χ4v) is 7.00. The Balaban J connectivity index is 2.27. The van der Waals surface area contributed by atoms with Gasteiger partial charge in [0.1, 0.15) is 23.9 Å². The van der Waals surface area contributed by atoms with Crippen molar-refractivity contribution in [1.82, 2.24) is 30.5 Å². The van der Waals surface area contributed by atoms with Crippen molar-refractivity contribution in [2.75, 3.05) is 39.5 Å². The molecule has 1 aromatic rings. The summed E-state index contributed by atoms with van der Waals surface area (Å²) in [7, 11) is -2.13. The number of amides is 5. The predicted octanol–water partition coefficient (Wildman–Crippen LogP) is 4.82. The lowest BCUT2D eigenvalue weighted by atomic mass is 9.84. The molecule has 0 radical (unpaired) electrons. The van der Waals surface area contributed by atoms with E-state index >= 15 is 0 Å². The summed E-state index contributed by atoms with van der Waals surface area (Å²) in [6.07, 6.45) is -1.18. The van der Waals surface area contributed by atoms with Crippen molar-refractivity contribution in [2.45, 2.75) is 119 Å². The molecule has 0 spiro atoms. The van der Waals surface area contributed by atoms with E-state index in [1.54, 1.807) is 39.0 Å². The first kappa shape index (κ1) is 47.9. The van der Waals surface area contributed by atoms with E-state index in [1.165, 1.54) is 11.9 Å². The maximum absolute atomic E-state index is 14.4. The molecule has 4 N–H and O–H groups in total. The van der Waals surface area contributed by atoms with E-state index in [1.807, 2.05) is 41.5 Å². The van der Waals surface area contributed by atoms with Crippen LogP contribution in [-0.2, 0) is 30.8 Å². The molecule has 1 fully saturated rings. The van der Waals surface area contributed by atoms with Gasteiger partial charge >= 0.3 is 6.03 Å². The number of alkyl halides is 2. The number of halogens is 3. The molecule has 0 bridgehead atoms. The minimum Gasteiger partial charge on any atom is -0.492 e. The predicted molar refractivity (Wildman–Crippen MR) is 211 cm³/mol. The van der Waals surface area contributed by atoms with Gasteiger partial charge in [-0.05, 0) is 59.6 Å². The van der Waals surface area contributed by atoms with Gasteiger partial charge in [0.15, 0.2) is 0 Å². The number of sulfonamides is 1. The van der Waals surface area contributed by atoms with Crippen LogP contribution in [0.1, 0.15) is 87.1 Å².